The average molecular weight is 348 g/mol. The number of amides is 1. The minimum atomic E-state index is -0.816. The van der Waals surface area contributed by atoms with E-state index in [1.54, 1.807) is 17.2 Å². The van der Waals surface area contributed by atoms with Crippen molar-refractivity contribution in [1.29, 1.82) is 0 Å². The number of carbonyl (C=O) groups is 2. The molecule has 0 radical (unpaired) electrons. The van der Waals surface area contributed by atoms with Gasteiger partial charge in [-0.2, -0.15) is 0 Å². The van der Waals surface area contributed by atoms with Crippen molar-refractivity contribution in [3.05, 3.63) is 21.5 Å². The second kappa shape index (κ2) is 5.07. The minimum absolute atomic E-state index is 0.112. The summed E-state index contributed by atoms with van der Waals surface area (Å²) in [6.45, 7) is 0.946. The molecule has 6 heteroatoms. The number of nitrogens with zero attached hydrogens (tertiary/aromatic N) is 1. The van der Waals surface area contributed by atoms with Crippen LogP contribution in [0.1, 0.15) is 23.3 Å². The third-order valence-electron chi connectivity index (χ3n) is 2.94. The lowest BCUT2D eigenvalue weighted by atomic mass is 9.98. The van der Waals surface area contributed by atoms with E-state index in [-0.39, 0.29) is 5.91 Å². The quantitative estimate of drug-likeness (QED) is 0.797. The highest BCUT2D eigenvalue weighted by atomic mass is 127. The average Bonchev–Trinajstić information content (AvgIpc) is 2.75. The Kier molecular flexibility index (Phi) is 3.70. The molecule has 1 saturated heterocycles. The number of aromatic amines is 1. The molecule has 1 aromatic heterocycles. The van der Waals surface area contributed by atoms with Crippen LogP contribution >= 0.6 is 22.6 Å². The van der Waals surface area contributed by atoms with E-state index in [1.807, 2.05) is 0 Å². The summed E-state index contributed by atoms with van der Waals surface area (Å²) < 4.78 is 0.970. The van der Waals surface area contributed by atoms with Crippen molar-refractivity contribution in [1.82, 2.24) is 9.88 Å². The largest absolute Gasteiger partial charge is 0.481 e. The van der Waals surface area contributed by atoms with Crippen LogP contribution in [0, 0.1) is 9.49 Å². The van der Waals surface area contributed by atoms with E-state index < -0.39 is 11.9 Å². The zero-order valence-corrected chi connectivity index (χ0v) is 11.3. The molecule has 0 aromatic carbocycles. The molecular weight excluding hydrogens is 335 g/mol. The molecule has 2 N–H and O–H groups in total. The predicted octanol–water partition coefficient (Wildman–Crippen LogP) is 1.56. The molecule has 2 rings (SSSR count). The standard InChI is InChI=1S/C11H13IN2O3/c12-8-4-9(13-5-8)10(15)14-3-1-2-7(6-14)11(16)17/h4-5,7,13H,1-3,6H2,(H,16,17). The highest BCUT2D eigenvalue weighted by molar-refractivity contribution is 14.1. The molecule has 1 aliphatic rings. The second-order valence-electron chi connectivity index (χ2n) is 4.16. The van der Waals surface area contributed by atoms with Gasteiger partial charge in [-0.3, -0.25) is 9.59 Å². The van der Waals surface area contributed by atoms with Gasteiger partial charge in [0.2, 0.25) is 0 Å². The molecule has 2 heterocycles. The first kappa shape index (κ1) is 12.4. The van der Waals surface area contributed by atoms with Crippen molar-refractivity contribution >= 4 is 34.5 Å². The fourth-order valence-electron chi connectivity index (χ4n) is 2.02. The van der Waals surface area contributed by atoms with E-state index in [2.05, 4.69) is 27.6 Å². The SMILES string of the molecule is O=C(O)C1CCCN(C(=O)c2cc(I)c[nH]2)C1. The van der Waals surface area contributed by atoms with Crippen molar-refractivity contribution in [2.45, 2.75) is 12.8 Å². The number of carboxylic acid groups (broad SMARTS) is 1. The molecule has 1 aliphatic heterocycles. The van der Waals surface area contributed by atoms with Crippen molar-refractivity contribution in [2.75, 3.05) is 13.1 Å². The molecule has 0 bridgehead atoms. The molecular formula is C11H13IN2O3. The van der Waals surface area contributed by atoms with Gasteiger partial charge in [-0.1, -0.05) is 0 Å². The Morgan fingerprint density at radius 2 is 2.29 bits per heavy atom. The van der Waals surface area contributed by atoms with Crippen molar-refractivity contribution in [3.63, 3.8) is 0 Å². The molecule has 17 heavy (non-hydrogen) atoms. The summed E-state index contributed by atoms with van der Waals surface area (Å²) in [4.78, 5) is 27.5. The van der Waals surface area contributed by atoms with E-state index in [1.165, 1.54) is 0 Å². The van der Waals surface area contributed by atoms with Crippen LogP contribution in [0.15, 0.2) is 12.3 Å². The number of aromatic nitrogens is 1. The van der Waals surface area contributed by atoms with Crippen LogP contribution in [0.5, 0.6) is 0 Å². The lowest BCUT2D eigenvalue weighted by Gasteiger charge is -2.30. The Hall–Kier alpha value is -1.05. The number of halogens is 1. The third-order valence-corrected chi connectivity index (χ3v) is 3.56. The molecule has 0 saturated carbocycles. The first-order valence-electron chi connectivity index (χ1n) is 5.44. The number of nitrogens with one attached hydrogen (secondary N) is 1. The van der Waals surface area contributed by atoms with Crippen LogP contribution in [0.2, 0.25) is 0 Å². The first-order valence-corrected chi connectivity index (χ1v) is 6.52. The van der Waals surface area contributed by atoms with Gasteiger partial charge in [-0.15, -0.1) is 0 Å². The zero-order chi connectivity index (χ0) is 12.4. The Morgan fingerprint density at radius 3 is 2.88 bits per heavy atom. The van der Waals surface area contributed by atoms with Crippen LogP contribution < -0.4 is 0 Å². The van der Waals surface area contributed by atoms with E-state index in [4.69, 9.17) is 5.11 Å². The lowest BCUT2D eigenvalue weighted by Crippen LogP contribution is -2.42. The molecule has 1 fully saturated rings. The van der Waals surface area contributed by atoms with Gasteiger partial charge in [-0.25, -0.2) is 0 Å². The van der Waals surface area contributed by atoms with Crippen LogP contribution in [0.4, 0.5) is 0 Å². The van der Waals surface area contributed by atoms with Crippen LogP contribution in [0.3, 0.4) is 0 Å². The van der Waals surface area contributed by atoms with Gasteiger partial charge >= 0.3 is 5.97 Å². The topological polar surface area (TPSA) is 73.4 Å². The summed E-state index contributed by atoms with van der Waals surface area (Å²) in [5, 5.41) is 8.97. The maximum Gasteiger partial charge on any atom is 0.308 e. The molecule has 5 nitrogen and oxygen atoms in total. The summed E-state index contributed by atoms with van der Waals surface area (Å²) in [6, 6.07) is 1.77. The monoisotopic (exact) mass is 348 g/mol. The van der Waals surface area contributed by atoms with E-state index in [0.717, 1.165) is 9.99 Å². The zero-order valence-electron chi connectivity index (χ0n) is 9.15. The number of rotatable bonds is 2. The smallest absolute Gasteiger partial charge is 0.308 e. The van der Waals surface area contributed by atoms with Crippen LogP contribution in [-0.2, 0) is 4.79 Å². The number of hydrogen-bond donors (Lipinski definition) is 2. The maximum atomic E-state index is 12.1. The summed E-state index contributed by atoms with van der Waals surface area (Å²) >= 11 is 2.12. The Morgan fingerprint density at radius 1 is 1.53 bits per heavy atom. The fourth-order valence-corrected chi connectivity index (χ4v) is 2.49. The van der Waals surface area contributed by atoms with Crippen LogP contribution in [-0.4, -0.2) is 40.0 Å². The summed E-state index contributed by atoms with van der Waals surface area (Å²) in [7, 11) is 0. The molecule has 1 unspecified atom stereocenters. The number of carboxylic acids is 1. The fraction of sp³-hybridized carbons (Fsp3) is 0.455. The Labute approximate surface area is 112 Å². The highest BCUT2D eigenvalue weighted by Crippen LogP contribution is 2.19. The molecule has 0 aliphatic carbocycles. The van der Waals surface area contributed by atoms with Crippen molar-refractivity contribution in [3.8, 4) is 0 Å². The van der Waals surface area contributed by atoms with Crippen molar-refractivity contribution in [2.24, 2.45) is 5.92 Å². The van der Waals surface area contributed by atoms with E-state index >= 15 is 0 Å². The van der Waals surface area contributed by atoms with Gasteiger partial charge < -0.3 is 15.0 Å². The Balaban J connectivity index is 2.07. The Bertz CT molecular complexity index is 444. The first-order chi connectivity index (χ1) is 8.08. The number of H-pyrrole nitrogens is 1. The van der Waals surface area contributed by atoms with Gasteiger partial charge in [0.05, 0.1) is 5.92 Å². The predicted molar refractivity (Wildman–Crippen MR) is 69.8 cm³/mol. The molecule has 92 valence electrons. The normalized spacial score (nSPS) is 20.3. The molecule has 0 spiro atoms. The van der Waals surface area contributed by atoms with Gasteiger partial charge in [0, 0.05) is 22.9 Å². The van der Waals surface area contributed by atoms with E-state index in [0.29, 0.717) is 25.2 Å². The van der Waals surface area contributed by atoms with Crippen molar-refractivity contribution < 1.29 is 14.7 Å². The number of hydrogen-bond acceptors (Lipinski definition) is 2. The summed E-state index contributed by atoms with van der Waals surface area (Å²) in [5.41, 5.74) is 0.528. The molecule has 1 amide bonds. The van der Waals surface area contributed by atoms with Gasteiger partial charge in [0.25, 0.3) is 5.91 Å². The maximum absolute atomic E-state index is 12.1. The van der Waals surface area contributed by atoms with Gasteiger partial charge in [0.1, 0.15) is 5.69 Å². The lowest BCUT2D eigenvalue weighted by molar-refractivity contribution is -0.143. The number of carbonyl (C=O) groups excluding carboxylic acids is 1. The molecule has 1 atom stereocenters. The number of likely N-dealkylation sites (tertiary alicyclic amines) is 1. The van der Waals surface area contributed by atoms with Gasteiger partial charge in [-0.05, 0) is 41.5 Å². The summed E-state index contributed by atoms with van der Waals surface area (Å²) in [6.07, 6.45) is 3.16. The third kappa shape index (κ3) is 2.80. The highest BCUT2D eigenvalue weighted by Gasteiger charge is 2.28. The summed E-state index contributed by atoms with van der Waals surface area (Å²) in [5.74, 6) is -1.36. The molecule has 1 aromatic rings. The second-order valence-corrected chi connectivity index (χ2v) is 5.41. The van der Waals surface area contributed by atoms with E-state index in [9.17, 15) is 9.59 Å². The van der Waals surface area contributed by atoms with Crippen LogP contribution in [0.25, 0.3) is 0 Å². The number of piperidine rings is 1. The number of aliphatic carboxylic acids is 1. The minimum Gasteiger partial charge on any atom is -0.481 e. The van der Waals surface area contributed by atoms with Gasteiger partial charge in [0.15, 0.2) is 0 Å².